The van der Waals surface area contributed by atoms with Crippen LogP contribution in [0.1, 0.15) is 27.9 Å². The summed E-state index contributed by atoms with van der Waals surface area (Å²) >= 11 is 1.76. The van der Waals surface area contributed by atoms with Crippen LogP contribution in [0.4, 0.5) is 0 Å². The maximum atomic E-state index is 5.61. The molecule has 0 radical (unpaired) electrons. The predicted octanol–water partition coefficient (Wildman–Crippen LogP) is 3.89. The third kappa shape index (κ3) is 3.68. The molecule has 0 bridgehead atoms. The Morgan fingerprint density at radius 2 is 1.84 bits per heavy atom. The molecule has 7 nitrogen and oxygen atoms in total. The molecule has 0 unspecified atom stereocenters. The van der Waals surface area contributed by atoms with Gasteiger partial charge in [-0.05, 0) is 63.7 Å². The lowest BCUT2D eigenvalue weighted by Crippen LogP contribution is -2.36. The van der Waals surface area contributed by atoms with Crippen LogP contribution in [-0.4, -0.2) is 45.9 Å². The lowest BCUT2D eigenvalue weighted by Gasteiger charge is -2.37. The van der Waals surface area contributed by atoms with Crippen LogP contribution < -0.4 is 9.47 Å². The van der Waals surface area contributed by atoms with Crippen LogP contribution in [0.5, 0.6) is 11.5 Å². The van der Waals surface area contributed by atoms with Gasteiger partial charge in [0.15, 0.2) is 17.3 Å². The fourth-order valence-electron chi connectivity index (χ4n) is 4.20. The van der Waals surface area contributed by atoms with Crippen molar-refractivity contribution in [1.82, 2.24) is 25.1 Å². The van der Waals surface area contributed by atoms with Gasteiger partial charge in [-0.2, -0.15) is 4.68 Å². The summed E-state index contributed by atoms with van der Waals surface area (Å²) in [7, 11) is 3.36. The summed E-state index contributed by atoms with van der Waals surface area (Å²) in [5, 5.41) is 14.6. The molecule has 1 atom stereocenters. The minimum atomic E-state index is 0.101. The molecule has 1 aliphatic rings. The third-order valence-corrected chi connectivity index (χ3v) is 6.59. The molecular formula is C23H23N5O2S. The first-order chi connectivity index (χ1) is 15.3. The normalized spacial score (nSPS) is 16.1. The molecule has 2 aromatic carbocycles. The molecule has 4 aromatic rings. The van der Waals surface area contributed by atoms with E-state index in [1.54, 1.807) is 25.6 Å². The van der Waals surface area contributed by atoms with Crippen molar-refractivity contribution < 1.29 is 9.47 Å². The van der Waals surface area contributed by atoms with Crippen LogP contribution in [0.2, 0.25) is 0 Å². The van der Waals surface area contributed by atoms with Crippen molar-refractivity contribution in [1.29, 1.82) is 0 Å². The van der Waals surface area contributed by atoms with E-state index in [1.165, 1.54) is 16.0 Å². The highest BCUT2D eigenvalue weighted by atomic mass is 32.1. The molecule has 0 saturated carbocycles. The molecule has 0 saturated heterocycles. The molecule has 8 heteroatoms. The number of rotatable bonds is 6. The van der Waals surface area contributed by atoms with Crippen molar-refractivity contribution >= 4 is 11.3 Å². The summed E-state index contributed by atoms with van der Waals surface area (Å²) in [6.45, 7) is 1.53. The summed E-state index contributed by atoms with van der Waals surface area (Å²) in [4.78, 5) is 3.72. The lowest BCUT2D eigenvalue weighted by molar-refractivity contribution is 0.199. The van der Waals surface area contributed by atoms with Gasteiger partial charge >= 0.3 is 0 Å². The van der Waals surface area contributed by atoms with Gasteiger partial charge in [-0.25, -0.2) is 0 Å². The molecule has 3 heterocycles. The van der Waals surface area contributed by atoms with Crippen LogP contribution in [-0.2, 0) is 13.0 Å². The summed E-state index contributed by atoms with van der Waals surface area (Å²) in [6, 6.07) is 18.6. The number of benzene rings is 2. The van der Waals surface area contributed by atoms with Gasteiger partial charge in [0, 0.05) is 11.4 Å². The fraction of sp³-hybridized carbons (Fsp3) is 0.261. The zero-order chi connectivity index (χ0) is 21.2. The Kier molecular flexibility index (Phi) is 5.40. The van der Waals surface area contributed by atoms with Gasteiger partial charge in [-0.1, -0.05) is 24.3 Å². The van der Waals surface area contributed by atoms with Crippen LogP contribution in [0.3, 0.4) is 0 Å². The molecule has 2 aromatic heterocycles. The van der Waals surface area contributed by atoms with Crippen molar-refractivity contribution in [2.75, 3.05) is 20.8 Å². The highest BCUT2D eigenvalue weighted by molar-refractivity contribution is 7.10. The van der Waals surface area contributed by atoms with Crippen LogP contribution in [0.25, 0.3) is 5.69 Å². The molecule has 0 N–H and O–H groups in total. The number of methoxy groups -OCH3 is 2. The van der Waals surface area contributed by atoms with E-state index in [4.69, 9.17) is 9.47 Å². The Hall–Kier alpha value is -3.23. The second kappa shape index (κ2) is 8.49. The first-order valence-corrected chi connectivity index (χ1v) is 11.0. The van der Waals surface area contributed by atoms with E-state index < -0.39 is 0 Å². The maximum Gasteiger partial charge on any atom is 0.170 e. The maximum absolute atomic E-state index is 5.61. The second-order valence-electron chi connectivity index (χ2n) is 7.39. The number of para-hydroxylation sites is 1. The van der Waals surface area contributed by atoms with Gasteiger partial charge in [-0.15, -0.1) is 16.4 Å². The van der Waals surface area contributed by atoms with Crippen molar-refractivity contribution in [2.24, 2.45) is 0 Å². The van der Waals surface area contributed by atoms with E-state index in [-0.39, 0.29) is 6.04 Å². The number of tetrazole rings is 1. The second-order valence-corrected chi connectivity index (χ2v) is 8.37. The van der Waals surface area contributed by atoms with Gasteiger partial charge in [0.05, 0.1) is 32.5 Å². The molecule has 0 fully saturated rings. The smallest absolute Gasteiger partial charge is 0.170 e. The van der Waals surface area contributed by atoms with E-state index in [0.717, 1.165) is 36.0 Å². The summed E-state index contributed by atoms with van der Waals surface area (Å²) in [5.74, 6) is 2.34. The molecule has 1 aliphatic heterocycles. The standard InChI is InChI=1S/C23H23N5O2S/c1-29-19-13-16-10-11-27(15-22-24-25-26-28(22)17-7-4-3-5-8-17)23(21-9-6-12-31-21)18(16)14-20(19)30-2/h3-9,12-14,23H,10-11,15H2,1-2H3/t23-/m0/s1. The van der Waals surface area contributed by atoms with Gasteiger partial charge in [0.25, 0.3) is 0 Å². The number of ether oxygens (including phenoxy) is 2. The molecule has 0 spiro atoms. The molecule has 0 amide bonds. The average molecular weight is 434 g/mol. The average Bonchev–Trinajstić information content (AvgIpc) is 3.51. The van der Waals surface area contributed by atoms with Crippen LogP contribution in [0.15, 0.2) is 60.0 Å². The fourth-order valence-corrected chi connectivity index (χ4v) is 5.08. The van der Waals surface area contributed by atoms with Crippen LogP contribution >= 0.6 is 11.3 Å². The Morgan fingerprint density at radius 1 is 1.03 bits per heavy atom. The number of aromatic nitrogens is 4. The minimum Gasteiger partial charge on any atom is -0.493 e. The Bertz CT molecular complexity index is 1160. The summed E-state index contributed by atoms with van der Waals surface area (Å²) in [5.41, 5.74) is 3.49. The number of fused-ring (bicyclic) bond motifs is 1. The lowest BCUT2D eigenvalue weighted by atomic mass is 9.91. The van der Waals surface area contributed by atoms with Crippen molar-refractivity contribution in [2.45, 2.75) is 19.0 Å². The van der Waals surface area contributed by atoms with Crippen molar-refractivity contribution in [3.63, 3.8) is 0 Å². The van der Waals surface area contributed by atoms with Crippen LogP contribution in [0, 0.1) is 0 Å². The number of thiophene rings is 1. The van der Waals surface area contributed by atoms with Gasteiger partial charge in [0.1, 0.15) is 0 Å². The molecule has 5 rings (SSSR count). The minimum absolute atomic E-state index is 0.101. The van der Waals surface area contributed by atoms with E-state index in [9.17, 15) is 0 Å². The highest BCUT2D eigenvalue weighted by Gasteiger charge is 2.32. The Morgan fingerprint density at radius 3 is 2.58 bits per heavy atom. The number of hydrogen-bond acceptors (Lipinski definition) is 7. The molecule has 0 aliphatic carbocycles. The van der Waals surface area contributed by atoms with E-state index in [0.29, 0.717) is 6.54 Å². The monoisotopic (exact) mass is 433 g/mol. The van der Waals surface area contributed by atoms with Crippen molar-refractivity contribution in [3.05, 3.63) is 81.8 Å². The Balaban J connectivity index is 1.54. The number of hydrogen-bond donors (Lipinski definition) is 0. The topological polar surface area (TPSA) is 65.3 Å². The van der Waals surface area contributed by atoms with Crippen molar-refractivity contribution in [3.8, 4) is 17.2 Å². The van der Waals surface area contributed by atoms with Gasteiger partial charge in [0.2, 0.25) is 0 Å². The first kappa shape index (κ1) is 19.7. The van der Waals surface area contributed by atoms with Gasteiger partial charge < -0.3 is 9.47 Å². The zero-order valence-corrected chi connectivity index (χ0v) is 18.2. The SMILES string of the molecule is COc1cc2c(cc1OC)[C@@H](c1cccs1)N(Cc1nnnn1-c1ccccc1)CC2. The highest BCUT2D eigenvalue weighted by Crippen LogP contribution is 2.42. The van der Waals surface area contributed by atoms with E-state index in [1.807, 2.05) is 35.0 Å². The predicted molar refractivity (Wildman–Crippen MR) is 119 cm³/mol. The molecule has 31 heavy (non-hydrogen) atoms. The zero-order valence-electron chi connectivity index (χ0n) is 17.4. The quantitative estimate of drug-likeness (QED) is 0.460. The molecule has 158 valence electrons. The summed E-state index contributed by atoms with van der Waals surface area (Å²) in [6.07, 6.45) is 0.921. The van der Waals surface area contributed by atoms with E-state index >= 15 is 0 Å². The molecular weight excluding hydrogens is 410 g/mol. The largest absolute Gasteiger partial charge is 0.493 e. The third-order valence-electron chi connectivity index (χ3n) is 5.67. The number of nitrogens with zero attached hydrogens (tertiary/aromatic N) is 5. The first-order valence-electron chi connectivity index (χ1n) is 10.1. The Labute approximate surface area is 184 Å². The van der Waals surface area contributed by atoms with E-state index in [2.05, 4.69) is 50.1 Å². The summed E-state index contributed by atoms with van der Waals surface area (Å²) < 4.78 is 13.0. The van der Waals surface area contributed by atoms with Gasteiger partial charge in [-0.3, -0.25) is 4.90 Å².